The molecule has 0 saturated carbocycles. The van der Waals surface area contributed by atoms with Crippen molar-refractivity contribution < 1.29 is 4.21 Å². The van der Waals surface area contributed by atoms with Crippen LogP contribution in [-0.4, -0.2) is 15.2 Å². The SMILES string of the molecule is Cc1ccc(Br)cc1/C=N/[S@](=O)C(C)(C)C. The van der Waals surface area contributed by atoms with E-state index in [0.717, 1.165) is 15.6 Å². The van der Waals surface area contributed by atoms with Crippen molar-refractivity contribution in [3.05, 3.63) is 33.8 Å². The Morgan fingerprint density at radius 3 is 2.56 bits per heavy atom. The van der Waals surface area contributed by atoms with Crippen molar-refractivity contribution in [3.63, 3.8) is 0 Å². The van der Waals surface area contributed by atoms with Crippen LogP contribution < -0.4 is 0 Å². The van der Waals surface area contributed by atoms with E-state index in [4.69, 9.17) is 0 Å². The maximum atomic E-state index is 11.7. The van der Waals surface area contributed by atoms with Gasteiger partial charge in [-0.2, -0.15) is 4.40 Å². The van der Waals surface area contributed by atoms with E-state index in [0.29, 0.717) is 0 Å². The first-order valence-corrected chi connectivity index (χ1v) is 6.93. The molecule has 1 rings (SSSR count). The number of hydrogen-bond acceptors (Lipinski definition) is 1. The second kappa shape index (κ2) is 5.23. The highest BCUT2D eigenvalue weighted by molar-refractivity contribution is 9.10. The predicted molar refractivity (Wildman–Crippen MR) is 74.4 cm³/mol. The van der Waals surface area contributed by atoms with Gasteiger partial charge >= 0.3 is 0 Å². The molecule has 1 aromatic carbocycles. The summed E-state index contributed by atoms with van der Waals surface area (Å²) < 4.78 is 16.5. The summed E-state index contributed by atoms with van der Waals surface area (Å²) in [7, 11) is -1.20. The Labute approximate surface area is 108 Å². The summed E-state index contributed by atoms with van der Waals surface area (Å²) >= 11 is 3.41. The van der Waals surface area contributed by atoms with Gasteiger partial charge in [0.05, 0.1) is 4.75 Å². The van der Waals surface area contributed by atoms with Crippen LogP contribution in [0.3, 0.4) is 0 Å². The van der Waals surface area contributed by atoms with E-state index in [1.165, 1.54) is 0 Å². The summed E-state index contributed by atoms with van der Waals surface area (Å²) in [5.74, 6) is 0. The van der Waals surface area contributed by atoms with Crippen LogP contribution in [0.1, 0.15) is 31.9 Å². The maximum absolute atomic E-state index is 11.7. The third-order valence-electron chi connectivity index (χ3n) is 2.05. The minimum atomic E-state index is -1.20. The number of benzene rings is 1. The zero-order valence-corrected chi connectivity index (χ0v) is 12.4. The molecule has 0 aliphatic heterocycles. The average molecular weight is 302 g/mol. The fraction of sp³-hybridized carbons (Fsp3) is 0.417. The van der Waals surface area contributed by atoms with E-state index in [1.54, 1.807) is 6.21 Å². The second-order valence-corrected chi connectivity index (χ2v) is 7.45. The first-order chi connectivity index (χ1) is 7.30. The molecule has 0 amide bonds. The molecule has 88 valence electrons. The molecule has 0 radical (unpaired) electrons. The van der Waals surface area contributed by atoms with Gasteiger partial charge in [-0.3, -0.25) is 0 Å². The highest BCUT2D eigenvalue weighted by Crippen LogP contribution is 2.16. The number of hydrogen-bond donors (Lipinski definition) is 0. The van der Waals surface area contributed by atoms with Crippen molar-refractivity contribution in [1.82, 2.24) is 0 Å². The first-order valence-electron chi connectivity index (χ1n) is 5.03. The third kappa shape index (κ3) is 3.83. The molecule has 0 N–H and O–H groups in total. The van der Waals surface area contributed by atoms with Crippen molar-refractivity contribution in [2.45, 2.75) is 32.4 Å². The lowest BCUT2D eigenvalue weighted by Gasteiger charge is -2.12. The van der Waals surface area contributed by atoms with Crippen LogP contribution in [0.15, 0.2) is 27.1 Å². The molecule has 0 unspecified atom stereocenters. The third-order valence-corrected chi connectivity index (χ3v) is 3.89. The van der Waals surface area contributed by atoms with Crippen LogP contribution in [0.2, 0.25) is 0 Å². The zero-order valence-electron chi connectivity index (χ0n) is 9.95. The Morgan fingerprint density at radius 1 is 1.38 bits per heavy atom. The Bertz CT molecular complexity index is 435. The summed E-state index contributed by atoms with van der Waals surface area (Å²) in [6, 6.07) is 5.96. The van der Waals surface area contributed by atoms with Gasteiger partial charge in [0.25, 0.3) is 0 Å². The minimum Gasteiger partial charge on any atom is -0.234 e. The number of rotatable bonds is 2. The normalized spacial score (nSPS) is 14.3. The van der Waals surface area contributed by atoms with E-state index < -0.39 is 11.0 Å². The fourth-order valence-electron chi connectivity index (χ4n) is 1.01. The lowest BCUT2D eigenvalue weighted by Crippen LogP contribution is -2.19. The number of halogens is 1. The van der Waals surface area contributed by atoms with Gasteiger partial charge in [0.15, 0.2) is 0 Å². The number of aryl methyl sites for hydroxylation is 1. The van der Waals surface area contributed by atoms with E-state index in [2.05, 4.69) is 20.3 Å². The van der Waals surface area contributed by atoms with Crippen molar-refractivity contribution in [1.29, 1.82) is 0 Å². The summed E-state index contributed by atoms with van der Waals surface area (Å²) in [5, 5.41) is 0. The standard InChI is InChI=1S/C12H16BrNOS/c1-9-5-6-11(13)7-10(9)8-14-16(15)12(2,3)4/h5-8H,1-4H3/b14-8+/t16-/m1/s1. The Hall–Kier alpha value is -0.480. The Balaban J connectivity index is 2.93. The van der Waals surface area contributed by atoms with Crippen molar-refractivity contribution in [2.24, 2.45) is 4.40 Å². The molecule has 0 aromatic heterocycles. The van der Waals surface area contributed by atoms with Gasteiger partial charge in [-0.05, 0) is 51.0 Å². The molecule has 0 aliphatic rings. The Kier molecular flexibility index (Phi) is 4.44. The van der Waals surface area contributed by atoms with Gasteiger partial charge in [-0.15, -0.1) is 0 Å². The van der Waals surface area contributed by atoms with Gasteiger partial charge in [0.2, 0.25) is 0 Å². The average Bonchev–Trinajstić information content (AvgIpc) is 2.17. The molecule has 0 aliphatic carbocycles. The molecule has 1 atom stereocenters. The summed E-state index contributed by atoms with van der Waals surface area (Å²) in [6.07, 6.45) is 1.68. The predicted octanol–water partition coefficient (Wildman–Crippen LogP) is 3.64. The molecule has 2 nitrogen and oxygen atoms in total. The van der Waals surface area contributed by atoms with Crippen LogP contribution in [0.5, 0.6) is 0 Å². The van der Waals surface area contributed by atoms with Gasteiger partial charge in [-0.1, -0.05) is 22.0 Å². The van der Waals surface area contributed by atoms with Gasteiger partial charge in [-0.25, -0.2) is 4.21 Å². The number of nitrogens with zero attached hydrogens (tertiary/aromatic N) is 1. The quantitative estimate of drug-likeness (QED) is 0.767. The van der Waals surface area contributed by atoms with Crippen molar-refractivity contribution in [3.8, 4) is 0 Å². The molecule has 0 spiro atoms. The van der Waals surface area contributed by atoms with Crippen LogP contribution in [0.25, 0.3) is 0 Å². The molecule has 4 heteroatoms. The molecular weight excluding hydrogens is 286 g/mol. The van der Waals surface area contributed by atoms with Crippen molar-refractivity contribution >= 4 is 33.1 Å². The highest BCUT2D eigenvalue weighted by Gasteiger charge is 2.18. The van der Waals surface area contributed by atoms with Gasteiger partial charge in [0.1, 0.15) is 11.0 Å². The highest BCUT2D eigenvalue weighted by atomic mass is 79.9. The molecule has 16 heavy (non-hydrogen) atoms. The first kappa shape index (κ1) is 13.6. The molecule has 0 fully saturated rings. The van der Waals surface area contributed by atoms with Crippen LogP contribution in [0.4, 0.5) is 0 Å². The zero-order chi connectivity index (χ0) is 12.3. The largest absolute Gasteiger partial charge is 0.234 e. The van der Waals surface area contributed by atoms with Crippen molar-refractivity contribution in [2.75, 3.05) is 0 Å². The smallest absolute Gasteiger partial charge is 0.144 e. The Morgan fingerprint density at radius 2 is 2.00 bits per heavy atom. The van der Waals surface area contributed by atoms with Gasteiger partial charge in [0, 0.05) is 10.7 Å². The summed E-state index contributed by atoms with van der Waals surface area (Å²) in [4.78, 5) is 0. The van der Waals surface area contributed by atoms with E-state index in [-0.39, 0.29) is 4.75 Å². The summed E-state index contributed by atoms with van der Waals surface area (Å²) in [6.45, 7) is 7.74. The maximum Gasteiger partial charge on any atom is 0.144 e. The molecular formula is C12H16BrNOS. The molecule has 0 heterocycles. The minimum absolute atomic E-state index is 0.309. The van der Waals surface area contributed by atoms with Crippen LogP contribution >= 0.6 is 15.9 Å². The van der Waals surface area contributed by atoms with Crippen LogP contribution in [0, 0.1) is 6.92 Å². The molecule has 0 bridgehead atoms. The van der Waals surface area contributed by atoms with E-state index >= 15 is 0 Å². The summed E-state index contributed by atoms with van der Waals surface area (Å²) in [5.41, 5.74) is 2.12. The van der Waals surface area contributed by atoms with E-state index in [9.17, 15) is 4.21 Å². The lowest BCUT2D eigenvalue weighted by molar-refractivity contribution is 0.651. The second-order valence-electron chi connectivity index (χ2n) is 4.60. The molecule has 1 aromatic rings. The van der Waals surface area contributed by atoms with Crippen LogP contribution in [-0.2, 0) is 11.0 Å². The fourth-order valence-corrected chi connectivity index (χ4v) is 1.92. The molecule has 0 saturated heterocycles. The monoisotopic (exact) mass is 301 g/mol. The lowest BCUT2D eigenvalue weighted by atomic mass is 10.1. The topological polar surface area (TPSA) is 29.4 Å². The van der Waals surface area contributed by atoms with Gasteiger partial charge < -0.3 is 0 Å². The van der Waals surface area contributed by atoms with E-state index in [1.807, 2.05) is 45.9 Å².